The highest BCUT2D eigenvalue weighted by Gasteiger charge is 2.09. The maximum absolute atomic E-state index is 10.8. The number of hydrogen-bond acceptors (Lipinski definition) is 5. The van der Waals surface area contributed by atoms with Crippen LogP contribution >= 0.6 is 0 Å². The number of carboxylic acid groups (broad SMARTS) is 1. The molecule has 0 aliphatic rings. The van der Waals surface area contributed by atoms with Gasteiger partial charge in [-0.25, -0.2) is 19.4 Å². The maximum atomic E-state index is 10.8. The lowest BCUT2D eigenvalue weighted by molar-refractivity contribution is 0.0696. The third kappa shape index (κ3) is 3.34. The molecule has 1 aromatic carbocycles. The number of hydrogen-bond donors (Lipinski definition) is 1. The number of rotatable bonds is 5. The van der Waals surface area contributed by atoms with Crippen LogP contribution in [0.1, 0.15) is 15.9 Å². The second kappa shape index (κ2) is 6.27. The summed E-state index contributed by atoms with van der Waals surface area (Å²) in [7, 11) is 1.84. The Morgan fingerprint density at radius 3 is 2.52 bits per heavy atom. The van der Waals surface area contributed by atoms with Crippen molar-refractivity contribution in [3.05, 3.63) is 66.2 Å². The SMILES string of the molecule is CN(Cc1cnn(-c2ccccc2)c1)c1ncc(C(=O)O)cn1. The zero-order valence-corrected chi connectivity index (χ0v) is 12.5. The average molecular weight is 309 g/mol. The number of benzene rings is 1. The van der Waals surface area contributed by atoms with Gasteiger partial charge in [0.05, 0.1) is 17.4 Å². The van der Waals surface area contributed by atoms with Crippen molar-refractivity contribution in [1.82, 2.24) is 19.7 Å². The van der Waals surface area contributed by atoms with Gasteiger partial charge < -0.3 is 10.0 Å². The van der Waals surface area contributed by atoms with Gasteiger partial charge in [0.15, 0.2) is 0 Å². The van der Waals surface area contributed by atoms with E-state index in [2.05, 4.69) is 15.1 Å². The van der Waals surface area contributed by atoms with Crippen LogP contribution < -0.4 is 4.90 Å². The number of nitrogens with zero attached hydrogens (tertiary/aromatic N) is 5. The highest BCUT2D eigenvalue weighted by atomic mass is 16.4. The third-order valence-electron chi connectivity index (χ3n) is 3.30. The summed E-state index contributed by atoms with van der Waals surface area (Å²) in [5, 5.41) is 13.2. The van der Waals surface area contributed by atoms with Gasteiger partial charge in [-0.2, -0.15) is 5.10 Å². The molecule has 0 atom stereocenters. The van der Waals surface area contributed by atoms with Gasteiger partial charge in [-0.05, 0) is 12.1 Å². The van der Waals surface area contributed by atoms with Crippen LogP contribution in [-0.2, 0) is 6.54 Å². The predicted molar refractivity (Wildman–Crippen MR) is 84.7 cm³/mol. The molecule has 0 saturated carbocycles. The Morgan fingerprint density at radius 1 is 1.17 bits per heavy atom. The van der Waals surface area contributed by atoms with Gasteiger partial charge in [-0.3, -0.25) is 0 Å². The van der Waals surface area contributed by atoms with E-state index < -0.39 is 5.97 Å². The maximum Gasteiger partial charge on any atom is 0.338 e. The molecule has 7 nitrogen and oxygen atoms in total. The molecule has 116 valence electrons. The molecule has 0 spiro atoms. The minimum Gasteiger partial charge on any atom is -0.478 e. The number of para-hydroxylation sites is 1. The number of carboxylic acids is 1. The summed E-state index contributed by atoms with van der Waals surface area (Å²) in [6.07, 6.45) is 6.33. The van der Waals surface area contributed by atoms with E-state index in [-0.39, 0.29) is 5.56 Å². The van der Waals surface area contributed by atoms with Gasteiger partial charge in [0.2, 0.25) is 5.95 Å². The first-order valence-electron chi connectivity index (χ1n) is 6.99. The highest BCUT2D eigenvalue weighted by molar-refractivity contribution is 5.86. The minimum atomic E-state index is -1.04. The number of aromatic carboxylic acids is 1. The van der Waals surface area contributed by atoms with E-state index in [1.807, 2.05) is 48.5 Å². The van der Waals surface area contributed by atoms with E-state index >= 15 is 0 Å². The monoisotopic (exact) mass is 309 g/mol. The molecular formula is C16H15N5O2. The highest BCUT2D eigenvalue weighted by Crippen LogP contribution is 2.12. The van der Waals surface area contributed by atoms with E-state index in [1.165, 1.54) is 12.4 Å². The fourth-order valence-electron chi connectivity index (χ4n) is 2.14. The molecule has 0 fully saturated rings. The smallest absolute Gasteiger partial charge is 0.338 e. The summed E-state index contributed by atoms with van der Waals surface area (Å²) < 4.78 is 1.80. The lowest BCUT2D eigenvalue weighted by Crippen LogP contribution is -2.19. The molecule has 0 saturated heterocycles. The van der Waals surface area contributed by atoms with Crippen molar-refractivity contribution >= 4 is 11.9 Å². The molecule has 0 aliphatic heterocycles. The van der Waals surface area contributed by atoms with E-state index in [9.17, 15) is 4.79 Å². The van der Waals surface area contributed by atoms with Crippen LogP contribution in [0.5, 0.6) is 0 Å². The zero-order valence-electron chi connectivity index (χ0n) is 12.5. The lowest BCUT2D eigenvalue weighted by Gasteiger charge is -2.15. The molecule has 7 heteroatoms. The summed E-state index contributed by atoms with van der Waals surface area (Å²) in [5.74, 6) is -0.578. The lowest BCUT2D eigenvalue weighted by atomic mass is 10.3. The summed E-state index contributed by atoms with van der Waals surface area (Å²) in [4.78, 5) is 20.8. The van der Waals surface area contributed by atoms with Crippen LogP contribution in [0.25, 0.3) is 5.69 Å². The van der Waals surface area contributed by atoms with Crippen molar-refractivity contribution in [2.24, 2.45) is 0 Å². The molecule has 0 radical (unpaired) electrons. The Bertz CT molecular complexity index is 799. The van der Waals surface area contributed by atoms with Crippen LogP contribution in [0.2, 0.25) is 0 Å². The van der Waals surface area contributed by atoms with Gasteiger partial charge in [-0.15, -0.1) is 0 Å². The first-order valence-corrected chi connectivity index (χ1v) is 6.99. The Balaban J connectivity index is 1.72. The van der Waals surface area contributed by atoms with Crippen LogP contribution in [0, 0.1) is 0 Å². The Hall–Kier alpha value is -3.22. The minimum absolute atomic E-state index is 0.0686. The van der Waals surface area contributed by atoms with Crippen molar-refractivity contribution in [2.75, 3.05) is 11.9 Å². The number of aromatic nitrogens is 4. The van der Waals surface area contributed by atoms with Gasteiger partial charge in [-0.1, -0.05) is 18.2 Å². The molecule has 3 rings (SSSR count). The van der Waals surface area contributed by atoms with Crippen molar-refractivity contribution in [1.29, 1.82) is 0 Å². The molecule has 1 N–H and O–H groups in total. The molecule has 23 heavy (non-hydrogen) atoms. The average Bonchev–Trinajstić information content (AvgIpc) is 3.04. The van der Waals surface area contributed by atoms with Gasteiger partial charge >= 0.3 is 5.97 Å². The summed E-state index contributed by atoms with van der Waals surface area (Å²) in [5.41, 5.74) is 2.06. The van der Waals surface area contributed by atoms with Gasteiger partial charge in [0, 0.05) is 37.7 Å². The van der Waals surface area contributed by atoms with Crippen molar-refractivity contribution in [3.8, 4) is 5.69 Å². The van der Waals surface area contributed by atoms with Crippen molar-refractivity contribution in [3.63, 3.8) is 0 Å². The fourth-order valence-corrected chi connectivity index (χ4v) is 2.14. The van der Waals surface area contributed by atoms with Crippen molar-refractivity contribution < 1.29 is 9.90 Å². The van der Waals surface area contributed by atoms with E-state index in [0.29, 0.717) is 12.5 Å². The van der Waals surface area contributed by atoms with E-state index in [4.69, 9.17) is 5.11 Å². The molecule has 0 aliphatic carbocycles. The summed E-state index contributed by atoms with van der Waals surface area (Å²) in [6, 6.07) is 9.84. The van der Waals surface area contributed by atoms with Crippen LogP contribution in [0.3, 0.4) is 0 Å². The normalized spacial score (nSPS) is 10.5. The molecule has 0 amide bonds. The Kier molecular flexibility index (Phi) is 4.01. The molecule has 0 unspecified atom stereocenters. The second-order valence-corrected chi connectivity index (χ2v) is 5.06. The quantitative estimate of drug-likeness (QED) is 0.776. The van der Waals surface area contributed by atoms with Crippen LogP contribution in [0.15, 0.2) is 55.1 Å². The Labute approximate surface area is 132 Å². The van der Waals surface area contributed by atoms with Crippen LogP contribution in [0.4, 0.5) is 5.95 Å². The van der Waals surface area contributed by atoms with Gasteiger partial charge in [0.1, 0.15) is 0 Å². The topological polar surface area (TPSA) is 84.1 Å². The predicted octanol–water partition coefficient (Wildman–Crippen LogP) is 2.00. The fraction of sp³-hybridized carbons (Fsp3) is 0.125. The molecule has 3 aromatic rings. The third-order valence-corrected chi connectivity index (χ3v) is 3.30. The zero-order chi connectivity index (χ0) is 16.2. The molecule has 0 bridgehead atoms. The first-order chi connectivity index (χ1) is 11.1. The first kappa shape index (κ1) is 14.7. The van der Waals surface area contributed by atoms with E-state index in [0.717, 1.165) is 11.3 Å². The van der Waals surface area contributed by atoms with E-state index in [1.54, 1.807) is 10.9 Å². The van der Waals surface area contributed by atoms with Crippen molar-refractivity contribution in [2.45, 2.75) is 6.54 Å². The number of carbonyl (C=O) groups is 1. The standard InChI is InChI=1S/C16H15N5O2/c1-20(16-17-8-13(9-18-16)15(22)23)10-12-7-19-21(11-12)14-5-3-2-4-6-14/h2-9,11H,10H2,1H3,(H,22,23). The van der Waals surface area contributed by atoms with Crippen LogP contribution in [-0.4, -0.2) is 37.9 Å². The summed E-state index contributed by atoms with van der Waals surface area (Å²) >= 11 is 0. The summed E-state index contributed by atoms with van der Waals surface area (Å²) in [6.45, 7) is 0.569. The Morgan fingerprint density at radius 2 is 1.87 bits per heavy atom. The van der Waals surface area contributed by atoms with Gasteiger partial charge in [0.25, 0.3) is 0 Å². The molecule has 2 aromatic heterocycles. The number of anilines is 1. The largest absolute Gasteiger partial charge is 0.478 e. The molecule has 2 heterocycles. The molecular weight excluding hydrogens is 294 g/mol. The second-order valence-electron chi connectivity index (χ2n) is 5.06.